The first-order valence-corrected chi connectivity index (χ1v) is 10.2. The van der Waals surface area contributed by atoms with Gasteiger partial charge < -0.3 is 19.9 Å². The molecule has 2 aromatic heterocycles. The van der Waals surface area contributed by atoms with E-state index in [1.54, 1.807) is 19.5 Å². The number of methoxy groups -OCH3 is 1. The fourth-order valence-corrected chi connectivity index (χ4v) is 3.56. The van der Waals surface area contributed by atoms with E-state index >= 15 is 0 Å². The molecular formula is C24H22N4O2S. The molecule has 2 N–H and O–H groups in total. The Kier molecular flexibility index (Phi) is 6.24. The van der Waals surface area contributed by atoms with E-state index in [2.05, 4.69) is 15.3 Å². The van der Waals surface area contributed by atoms with Crippen molar-refractivity contribution in [1.29, 1.82) is 0 Å². The first-order chi connectivity index (χ1) is 15.1. The number of ether oxygens (including phenoxy) is 1. The number of fused-ring (bicyclic) bond motifs is 1. The minimum atomic E-state index is -0.153. The lowest BCUT2D eigenvalue weighted by molar-refractivity contribution is 0.410. The monoisotopic (exact) mass is 430 g/mol. The van der Waals surface area contributed by atoms with E-state index in [4.69, 9.17) is 17.0 Å². The quantitative estimate of drug-likeness (QED) is 0.444. The van der Waals surface area contributed by atoms with Gasteiger partial charge in [0.2, 0.25) is 0 Å². The second kappa shape index (κ2) is 9.40. The summed E-state index contributed by atoms with van der Waals surface area (Å²) in [4.78, 5) is 21.9. The van der Waals surface area contributed by atoms with Crippen LogP contribution in [0.5, 0.6) is 5.75 Å². The third-order valence-corrected chi connectivity index (χ3v) is 5.26. The van der Waals surface area contributed by atoms with Crippen LogP contribution in [0.25, 0.3) is 10.9 Å². The van der Waals surface area contributed by atoms with Crippen LogP contribution >= 0.6 is 12.2 Å². The van der Waals surface area contributed by atoms with Crippen molar-refractivity contribution in [3.63, 3.8) is 0 Å². The van der Waals surface area contributed by atoms with Crippen molar-refractivity contribution in [2.75, 3.05) is 12.4 Å². The Morgan fingerprint density at radius 1 is 1.10 bits per heavy atom. The maximum atomic E-state index is 12.8. The molecule has 0 aliphatic heterocycles. The number of anilines is 1. The molecule has 2 heterocycles. The first kappa shape index (κ1) is 20.6. The van der Waals surface area contributed by atoms with Crippen molar-refractivity contribution in [3.8, 4) is 5.75 Å². The number of rotatable bonds is 6. The van der Waals surface area contributed by atoms with Crippen LogP contribution in [0.15, 0.2) is 83.9 Å². The molecule has 2 aromatic carbocycles. The van der Waals surface area contributed by atoms with Crippen LogP contribution in [0.2, 0.25) is 0 Å². The number of aromatic amines is 1. The number of nitrogens with one attached hydrogen (secondary N) is 2. The number of H-pyrrole nitrogens is 1. The van der Waals surface area contributed by atoms with Crippen LogP contribution in [0.3, 0.4) is 0 Å². The molecule has 0 atom stereocenters. The number of hydrogen-bond donors (Lipinski definition) is 2. The SMILES string of the molecule is COc1ccc2cc(CN(Cc3cccnc3)C(=S)Nc3ccccc3)c(=O)[nH]c2c1. The summed E-state index contributed by atoms with van der Waals surface area (Å²) in [6.45, 7) is 0.872. The molecule has 6 nitrogen and oxygen atoms in total. The van der Waals surface area contributed by atoms with Crippen LogP contribution in [0, 0.1) is 0 Å². The molecule has 31 heavy (non-hydrogen) atoms. The summed E-state index contributed by atoms with van der Waals surface area (Å²) in [6, 6.07) is 21.1. The zero-order valence-corrected chi connectivity index (χ0v) is 17.9. The molecule has 4 rings (SSSR count). The van der Waals surface area contributed by atoms with Gasteiger partial charge in [0.25, 0.3) is 5.56 Å². The zero-order valence-electron chi connectivity index (χ0n) is 17.0. The summed E-state index contributed by atoms with van der Waals surface area (Å²) in [7, 11) is 1.60. The van der Waals surface area contributed by atoms with Crippen LogP contribution < -0.4 is 15.6 Å². The van der Waals surface area contributed by atoms with Crippen molar-refractivity contribution in [2.24, 2.45) is 0 Å². The van der Waals surface area contributed by atoms with Gasteiger partial charge in [-0.05, 0) is 59.6 Å². The van der Waals surface area contributed by atoms with Gasteiger partial charge in [-0.3, -0.25) is 9.78 Å². The number of pyridine rings is 2. The maximum absolute atomic E-state index is 12.8. The van der Waals surface area contributed by atoms with E-state index in [-0.39, 0.29) is 5.56 Å². The molecule has 156 valence electrons. The summed E-state index contributed by atoms with van der Waals surface area (Å²) in [5, 5.41) is 4.72. The number of para-hydroxylation sites is 1. The first-order valence-electron chi connectivity index (χ1n) is 9.82. The largest absolute Gasteiger partial charge is 0.497 e. The van der Waals surface area contributed by atoms with Gasteiger partial charge in [-0.25, -0.2) is 0 Å². The second-order valence-corrected chi connectivity index (χ2v) is 7.48. The van der Waals surface area contributed by atoms with Crippen LogP contribution in [0.1, 0.15) is 11.1 Å². The van der Waals surface area contributed by atoms with Gasteiger partial charge in [-0.1, -0.05) is 24.3 Å². The highest BCUT2D eigenvalue weighted by Gasteiger charge is 2.15. The highest BCUT2D eigenvalue weighted by molar-refractivity contribution is 7.80. The third-order valence-electron chi connectivity index (χ3n) is 4.90. The molecule has 7 heteroatoms. The van der Waals surface area contributed by atoms with Crippen molar-refractivity contribution >= 4 is 33.9 Å². The van der Waals surface area contributed by atoms with E-state index in [0.29, 0.717) is 29.5 Å². The fourth-order valence-electron chi connectivity index (χ4n) is 3.31. The summed E-state index contributed by atoms with van der Waals surface area (Å²) < 4.78 is 5.25. The molecule has 0 aliphatic rings. The summed E-state index contributed by atoms with van der Waals surface area (Å²) >= 11 is 5.69. The van der Waals surface area contributed by atoms with Crippen molar-refractivity contribution in [1.82, 2.24) is 14.9 Å². The molecule has 0 aliphatic carbocycles. The van der Waals surface area contributed by atoms with E-state index in [0.717, 1.165) is 22.2 Å². The Hall–Kier alpha value is -3.71. The standard InChI is InChI=1S/C24H22N4O2S/c1-30-21-10-9-18-12-19(23(29)27-22(18)13-21)16-28(15-17-6-5-11-25-14-17)24(31)26-20-7-3-2-4-8-20/h2-14H,15-16H2,1H3,(H,26,31)(H,27,29). The van der Waals surface area contributed by atoms with E-state index < -0.39 is 0 Å². The van der Waals surface area contributed by atoms with Crippen molar-refractivity contribution in [3.05, 3.63) is 101 Å². The fraction of sp³-hybridized carbons (Fsp3) is 0.125. The topological polar surface area (TPSA) is 70.2 Å². The summed E-state index contributed by atoms with van der Waals surface area (Å²) in [6.07, 6.45) is 3.53. The lowest BCUT2D eigenvalue weighted by Crippen LogP contribution is -2.35. The van der Waals surface area contributed by atoms with Crippen molar-refractivity contribution in [2.45, 2.75) is 13.1 Å². The Morgan fingerprint density at radius 3 is 2.68 bits per heavy atom. The number of thiocarbonyl (C=S) groups is 1. The van der Waals surface area contributed by atoms with Gasteiger partial charge in [0.1, 0.15) is 5.75 Å². The predicted octanol–water partition coefficient (Wildman–Crippen LogP) is 4.33. The molecule has 0 saturated carbocycles. The lowest BCUT2D eigenvalue weighted by atomic mass is 10.1. The maximum Gasteiger partial charge on any atom is 0.253 e. The Bertz CT molecular complexity index is 1240. The molecule has 0 bridgehead atoms. The molecule has 0 unspecified atom stereocenters. The Labute approximate surface area is 185 Å². The molecule has 0 amide bonds. The average Bonchev–Trinajstić information content (AvgIpc) is 2.80. The van der Waals surface area contributed by atoms with Gasteiger partial charge in [0.05, 0.1) is 19.2 Å². The van der Waals surface area contributed by atoms with Gasteiger partial charge in [0.15, 0.2) is 5.11 Å². The van der Waals surface area contributed by atoms with Crippen LogP contribution in [-0.4, -0.2) is 27.1 Å². The Morgan fingerprint density at radius 2 is 1.94 bits per heavy atom. The minimum absolute atomic E-state index is 0.153. The Balaban J connectivity index is 1.64. The number of aromatic nitrogens is 2. The predicted molar refractivity (Wildman–Crippen MR) is 127 cm³/mol. The molecule has 0 fully saturated rings. The smallest absolute Gasteiger partial charge is 0.253 e. The van der Waals surface area contributed by atoms with E-state index in [1.807, 2.05) is 71.6 Å². The van der Waals surface area contributed by atoms with Crippen molar-refractivity contribution < 1.29 is 4.74 Å². The van der Waals surface area contributed by atoms with Crippen LogP contribution in [0.4, 0.5) is 5.69 Å². The summed E-state index contributed by atoms with van der Waals surface area (Å²) in [5.41, 5.74) is 3.10. The molecular weight excluding hydrogens is 408 g/mol. The van der Waals surface area contributed by atoms with Crippen LogP contribution in [-0.2, 0) is 13.1 Å². The lowest BCUT2D eigenvalue weighted by Gasteiger charge is -2.26. The highest BCUT2D eigenvalue weighted by Crippen LogP contribution is 2.19. The highest BCUT2D eigenvalue weighted by atomic mass is 32.1. The van der Waals surface area contributed by atoms with E-state index in [1.165, 1.54) is 0 Å². The second-order valence-electron chi connectivity index (χ2n) is 7.09. The molecule has 0 spiro atoms. The molecule has 0 saturated heterocycles. The zero-order chi connectivity index (χ0) is 21.6. The normalized spacial score (nSPS) is 10.6. The molecule has 4 aromatic rings. The van der Waals surface area contributed by atoms with Gasteiger partial charge in [0, 0.05) is 36.3 Å². The minimum Gasteiger partial charge on any atom is -0.497 e. The van der Waals surface area contributed by atoms with Gasteiger partial charge >= 0.3 is 0 Å². The number of nitrogens with zero attached hydrogens (tertiary/aromatic N) is 2. The van der Waals surface area contributed by atoms with E-state index in [9.17, 15) is 4.79 Å². The average molecular weight is 431 g/mol. The third kappa shape index (κ3) is 5.07. The number of benzene rings is 2. The van der Waals surface area contributed by atoms with Gasteiger partial charge in [-0.2, -0.15) is 0 Å². The summed E-state index contributed by atoms with van der Waals surface area (Å²) in [5.74, 6) is 0.697. The molecule has 0 radical (unpaired) electrons. The number of hydrogen-bond acceptors (Lipinski definition) is 4. The van der Waals surface area contributed by atoms with Gasteiger partial charge in [-0.15, -0.1) is 0 Å².